The van der Waals surface area contributed by atoms with E-state index >= 15 is 0 Å². The molecule has 5 heteroatoms. The van der Waals surface area contributed by atoms with Crippen LogP contribution in [0.25, 0.3) is 0 Å². The summed E-state index contributed by atoms with van der Waals surface area (Å²) >= 11 is 5.87. The molecular weight excluding hydrogens is 288 g/mol. The summed E-state index contributed by atoms with van der Waals surface area (Å²) in [6, 6.07) is 6.74. The number of benzene rings is 1. The molecule has 1 aliphatic heterocycles. The molecule has 1 aromatic carbocycles. The van der Waals surface area contributed by atoms with Crippen LogP contribution in [0, 0.1) is 5.92 Å². The fourth-order valence-corrected chi connectivity index (χ4v) is 2.83. The summed E-state index contributed by atoms with van der Waals surface area (Å²) in [4.78, 5) is 26.2. The van der Waals surface area contributed by atoms with Crippen molar-refractivity contribution in [1.29, 1.82) is 0 Å². The van der Waals surface area contributed by atoms with Crippen molar-refractivity contribution in [3.63, 3.8) is 0 Å². The maximum absolute atomic E-state index is 12.4. The second kappa shape index (κ2) is 6.48. The van der Waals surface area contributed by atoms with Gasteiger partial charge in [0.15, 0.2) is 0 Å². The predicted octanol–water partition coefficient (Wildman–Crippen LogP) is 2.25. The number of carbonyl (C=O) groups excluding carboxylic acids is 2. The van der Waals surface area contributed by atoms with Crippen molar-refractivity contribution in [2.75, 3.05) is 6.54 Å². The van der Waals surface area contributed by atoms with Crippen molar-refractivity contribution in [2.24, 2.45) is 5.92 Å². The van der Waals surface area contributed by atoms with E-state index in [2.05, 4.69) is 5.32 Å². The van der Waals surface area contributed by atoms with Crippen LogP contribution >= 0.6 is 11.6 Å². The number of amides is 2. The molecule has 1 N–H and O–H groups in total. The van der Waals surface area contributed by atoms with Gasteiger partial charge in [-0.2, -0.15) is 0 Å². The summed E-state index contributed by atoms with van der Waals surface area (Å²) in [6.07, 6.45) is 0.714. The highest BCUT2D eigenvalue weighted by atomic mass is 35.5. The van der Waals surface area contributed by atoms with E-state index < -0.39 is 6.04 Å². The van der Waals surface area contributed by atoms with Gasteiger partial charge in [0.2, 0.25) is 11.8 Å². The van der Waals surface area contributed by atoms with Gasteiger partial charge in [0, 0.05) is 11.6 Å². The summed E-state index contributed by atoms with van der Waals surface area (Å²) in [7, 11) is 0. The van der Waals surface area contributed by atoms with Gasteiger partial charge in [-0.25, -0.2) is 0 Å². The second-order valence-corrected chi connectivity index (χ2v) is 6.26. The summed E-state index contributed by atoms with van der Waals surface area (Å²) in [5.41, 5.74) is 1.10. The highest BCUT2D eigenvalue weighted by molar-refractivity contribution is 6.30. The van der Waals surface area contributed by atoms with E-state index in [1.165, 1.54) is 0 Å². The lowest BCUT2D eigenvalue weighted by Crippen LogP contribution is -2.64. The summed E-state index contributed by atoms with van der Waals surface area (Å²) in [5, 5.41) is 3.44. The minimum Gasteiger partial charge on any atom is -0.343 e. The Labute approximate surface area is 130 Å². The first-order valence-electron chi connectivity index (χ1n) is 7.25. The van der Waals surface area contributed by atoms with Gasteiger partial charge in [-0.3, -0.25) is 9.59 Å². The number of nitrogens with one attached hydrogen (secondary N) is 1. The number of rotatable bonds is 4. The first-order chi connectivity index (χ1) is 9.90. The molecule has 0 aliphatic carbocycles. The van der Waals surface area contributed by atoms with Crippen LogP contribution in [0.3, 0.4) is 0 Å². The molecule has 0 bridgehead atoms. The van der Waals surface area contributed by atoms with Gasteiger partial charge in [0.1, 0.15) is 12.1 Å². The van der Waals surface area contributed by atoms with Crippen LogP contribution in [0.4, 0.5) is 0 Å². The van der Waals surface area contributed by atoms with Crippen LogP contribution in [0.15, 0.2) is 24.3 Å². The van der Waals surface area contributed by atoms with Crippen molar-refractivity contribution in [1.82, 2.24) is 10.2 Å². The number of nitrogens with zero attached hydrogens (tertiary/aromatic N) is 1. The number of halogens is 1. The minimum absolute atomic E-state index is 0.0118. The topological polar surface area (TPSA) is 49.4 Å². The van der Waals surface area contributed by atoms with Gasteiger partial charge in [-0.05, 0) is 37.0 Å². The Morgan fingerprint density at radius 2 is 1.86 bits per heavy atom. The van der Waals surface area contributed by atoms with E-state index in [0.29, 0.717) is 18.0 Å². The van der Waals surface area contributed by atoms with Crippen molar-refractivity contribution >= 4 is 23.4 Å². The SMILES string of the molecule is CC1NC(=O)C(C(C)C)N(CCc2ccc(Cl)cc2)C1=O. The molecule has 0 saturated carbocycles. The zero-order chi connectivity index (χ0) is 15.6. The molecule has 1 aliphatic rings. The number of carbonyl (C=O) groups is 2. The van der Waals surface area contributed by atoms with Gasteiger partial charge in [-0.15, -0.1) is 0 Å². The average molecular weight is 309 g/mol. The average Bonchev–Trinajstić information content (AvgIpc) is 2.42. The van der Waals surface area contributed by atoms with Crippen molar-refractivity contribution in [2.45, 2.75) is 39.3 Å². The molecule has 2 atom stereocenters. The standard InChI is InChI=1S/C16H21ClN2O2/c1-10(2)14-15(20)18-11(3)16(21)19(14)9-8-12-4-6-13(17)7-5-12/h4-7,10-11,14H,8-9H2,1-3H3,(H,18,20). The summed E-state index contributed by atoms with van der Waals surface area (Å²) in [5.74, 6) is 0.0159. The molecule has 1 fully saturated rings. The Morgan fingerprint density at radius 3 is 2.43 bits per heavy atom. The van der Waals surface area contributed by atoms with E-state index in [0.717, 1.165) is 5.56 Å². The molecule has 2 unspecified atom stereocenters. The van der Waals surface area contributed by atoms with Crippen LogP contribution in [0.1, 0.15) is 26.3 Å². The lowest BCUT2D eigenvalue weighted by molar-refractivity contribution is -0.150. The van der Waals surface area contributed by atoms with Gasteiger partial charge in [0.25, 0.3) is 0 Å². The third-order valence-electron chi connectivity index (χ3n) is 3.80. The molecule has 1 saturated heterocycles. The highest BCUT2D eigenvalue weighted by Gasteiger charge is 2.39. The highest BCUT2D eigenvalue weighted by Crippen LogP contribution is 2.18. The lowest BCUT2D eigenvalue weighted by atomic mass is 9.96. The zero-order valence-corrected chi connectivity index (χ0v) is 13.4. The zero-order valence-electron chi connectivity index (χ0n) is 12.6. The smallest absolute Gasteiger partial charge is 0.245 e. The van der Waals surface area contributed by atoms with Crippen LogP contribution < -0.4 is 5.32 Å². The predicted molar refractivity (Wildman–Crippen MR) is 83.1 cm³/mol. The molecule has 1 heterocycles. The maximum atomic E-state index is 12.4. The van der Waals surface area contributed by atoms with Crippen LogP contribution in [-0.4, -0.2) is 35.3 Å². The minimum atomic E-state index is -0.447. The first kappa shape index (κ1) is 15.8. The van der Waals surface area contributed by atoms with Crippen molar-refractivity contribution in [3.05, 3.63) is 34.9 Å². The van der Waals surface area contributed by atoms with Gasteiger partial charge in [0.05, 0.1) is 0 Å². The molecule has 0 aromatic heterocycles. The fourth-order valence-electron chi connectivity index (χ4n) is 2.70. The molecule has 0 spiro atoms. The Morgan fingerprint density at radius 1 is 1.24 bits per heavy atom. The number of hydrogen-bond acceptors (Lipinski definition) is 2. The quantitative estimate of drug-likeness (QED) is 0.927. The monoisotopic (exact) mass is 308 g/mol. The van der Waals surface area contributed by atoms with Gasteiger partial charge < -0.3 is 10.2 Å². The molecule has 0 radical (unpaired) electrons. The lowest BCUT2D eigenvalue weighted by Gasteiger charge is -2.40. The van der Waals surface area contributed by atoms with Gasteiger partial charge in [-0.1, -0.05) is 37.6 Å². The number of hydrogen-bond donors (Lipinski definition) is 1. The van der Waals surface area contributed by atoms with E-state index in [9.17, 15) is 9.59 Å². The molecule has 2 amide bonds. The van der Waals surface area contributed by atoms with E-state index in [-0.39, 0.29) is 23.8 Å². The fraction of sp³-hybridized carbons (Fsp3) is 0.500. The Kier molecular flexibility index (Phi) is 4.88. The maximum Gasteiger partial charge on any atom is 0.245 e. The van der Waals surface area contributed by atoms with Gasteiger partial charge >= 0.3 is 0 Å². The normalized spacial score (nSPS) is 22.6. The largest absolute Gasteiger partial charge is 0.343 e. The van der Waals surface area contributed by atoms with Crippen LogP contribution in [-0.2, 0) is 16.0 Å². The molecule has 114 valence electrons. The molecule has 4 nitrogen and oxygen atoms in total. The Bertz CT molecular complexity index is 528. The van der Waals surface area contributed by atoms with E-state index in [1.54, 1.807) is 11.8 Å². The van der Waals surface area contributed by atoms with Crippen molar-refractivity contribution in [3.8, 4) is 0 Å². The van der Waals surface area contributed by atoms with Crippen LogP contribution in [0.2, 0.25) is 5.02 Å². The Hall–Kier alpha value is -1.55. The molecule has 1 aromatic rings. The molecule has 21 heavy (non-hydrogen) atoms. The molecular formula is C16H21ClN2O2. The second-order valence-electron chi connectivity index (χ2n) is 5.83. The summed E-state index contributed by atoms with van der Waals surface area (Å²) < 4.78 is 0. The molecule has 2 rings (SSSR count). The van der Waals surface area contributed by atoms with E-state index in [1.807, 2.05) is 38.1 Å². The van der Waals surface area contributed by atoms with Crippen molar-refractivity contribution < 1.29 is 9.59 Å². The first-order valence-corrected chi connectivity index (χ1v) is 7.63. The van der Waals surface area contributed by atoms with Crippen LogP contribution in [0.5, 0.6) is 0 Å². The van der Waals surface area contributed by atoms with E-state index in [4.69, 9.17) is 11.6 Å². The number of piperazine rings is 1. The third kappa shape index (κ3) is 3.56. The summed E-state index contributed by atoms with van der Waals surface area (Å²) in [6.45, 7) is 6.19. The third-order valence-corrected chi connectivity index (χ3v) is 4.05. The Balaban J connectivity index is 2.11.